The van der Waals surface area contributed by atoms with Crippen LogP contribution in [0.1, 0.15) is 53.6 Å². The van der Waals surface area contributed by atoms with Crippen LogP contribution in [0.2, 0.25) is 0 Å². The van der Waals surface area contributed by atoms with Gasteiger partial charge >= 0.3 is 0 Å². The highest BCUT2D eigenvalue weighted by Crippen LogP contribution is 2.44. The van der Waals surface area contributed by atoms with Crippen LogP contribution in [0.15, 0.2) is 60.8 Å². The minimum Gasteiger partial charge on any atom is -0.352 e. The molecule has 0 radical (unpaired) electrons. The Kier molecular flexibility index (Phi) is 5.43. The number of hydrogen-bond acceptors (Lipinski definition) is 3. The molecule has 2 aliphatic rings. The van der Waals surface area contributed by atoms with Crippen LogP contribution in [0, 0.1) is 13.8 Å². The van der Waals surface area contributed by atoms with E-state index in [0.29, 0.717) is 11.2 Å². The molecule has 3 heterocycles. The van der Waals surface area contributed by atoms with E-state index in [0.717, 1.165) is 11.4 Å². The number of thiocarbonyl (C=S) groups is 1. The largest absolute Gasteiger partial charge is 0.352 e. The van der Waals surface area contributed by atoms with Gasteiger partial charge in [-0.15, -0.1) is 0 Å². The van der Waals surface area contributed by atoms with Crippen molar-refractivity contribution in [3.05, 3.63) is 83.4 Å². The van der Waals surface area contributed by atoms with Gasteiger partial charge in [-0.2, -0.15) is 0 Å². The molecule has 0 bridgehead atoms. The van der Waals surface area contributed by atoms with Crippen molar-refractivity contribution < 1.29 is 4.79 Å². The van der Waals surface area contributed by atoms with E-state index in [4.69, 9.17) is 12.2 Å². The average molecular weight is 446 g/mol. The van der Waals surface area contributed by atoms with Crippen molar-refractivity contribution in [3.8, 4) is 0 Å². The maximum Gasteiger partial charge on any atom is 0.244 e. The van der Waals surface area contributed by atoms with Crippen molar-refractivity contribution in [2.75, 3.05) is 11.9 Å². The Bertz CT molecular complexity index is 1140. The first-order valence-electron chi connectivity index (χ1n) is 11.0. The molecule has 1 aliphatic heterocycles. The number of pyridine rings is 1. The molecule has 3 aromatic rings. The maximum atomic E-state index is 12.9. The molecule has 1 amide bonds. The van der Waals surface area contributed by atoms with Gasteiger partial charge in [0.25, 0.3) is 0 Å². The summed E-state index contributed by atoms with van der Waals surface area (Å²) in [5, 5.41) is 7.01. The van der Waals surface area contributed by atoms with Crippen LogP contribution in [0.25, 0.3) is 0 Å². The van der Waals surface area contributed by atoms with Gasteiger partial charge < -0.3 is 20.1 Å². The standard InChI is InChI=1S/C25H27N5OS/c1-16-14-20(17(2)30(16)19-11-12-19)24-23(21-10-6-7-13-26-21)28-25(32)29(24)15-22(31)27-18-8-4-3-5-9-18/h3-10,13-14,19,23-24H,11-12,15H2,1-2H3,(H,27,31)(H,28,32)/t23-,24-/m1/s1. The van der Waals surface area contributed by atoms with Gasteiger partial charge in [-0.3, -0.25) is 9.78 Å². The second kappa shape index (κ2) is 8.39. The van der Waals surface area contributed by atoms with E-state index in [9.17, 15) is 4.79 Å². The van der Waals surface area contributed by atoms with Crippen molar-refractivity contribution in [2.45, 2.75) is 44.8 Å². The molecule has 2 aromatic heterocycles. The van der Waals surface area contributed by atoms with Crippen molar-refractivity contribution in [3.63, 3.8) is 0 Å². The van der Waals surface area contributed by atoms with Crippen LogP contribution in [0.4, 0.5) is 5.69 Å². The molecule has 164 valence electrons. The number of amides is 1. The minimum absolute atomic E-state index is 0.0944. The molecule has 1 aromatic carbocycles. The highest BCUT2D eigenvalue weighted by molar-refractivity contribution is 7.80. The Morgan fingerprint density at radius 2 is 1.91 bits per heavy atom. The lowest BCUT2D eigenvalue weighted by atomic mass is 9.96. The van der Waals surface area contributed by atoms with E-state index in [1.807, 2.05) is 53.4 Å². The molecule has 0 spiro atoms. The first-order valence-corrected chi connectivity index (χ1v) is 11.4. The van der Waals surface area contributed by atoms with Crippen LogP contribution < -0.4 is 10.6 Å². The molecule has 7 heteroatoms. The molecule has 5 rings (SSSR count). The van der Waals surface area contributed by atoms with Crippen LogP contribution in [0.5, 0.6) is 0 Å². The third-order valence-corrected chi connectivity index (χ3v) is 6.68. The molecule has 1 aliphatic carbocycles. The molecule has 2 fully saturated rings. The fourth-order valence-corrected chi connectivity index (χ4v) is 5.09. The molecule has 6 nitrogen and oxygen atoms in total. The highest BCUT2D eigenvalue weighted by atomic mass is 32.1. The van der Waals surface area contributed by atoms with Crippen LogP contribution in [-0.4, -0.2) is 32.0 Å². The van der Waals surface area contributed by atoms with E-state index >= 15 is 0 Å². The minimum atomic E-state index is -0.124. The van der Waals surface area contributed by atoms with Crippen molar-refractivity contribution in [1.82, 2.24) is 19.8 Å². The Morgan fingerprint density at radius 1 is 1.16 bits per heavy atom. The van der Waals surface area contributed by atoms with Gasteiger partial charge in [0, 0.05) is 29.3 Å². The summed E-state index contributed by atoms with van der Waals surface area (Å²) >= 11 is 5.72. The van der Waals surface area contributed by atoms with Crippen molar-refractivity contribution in [2.24, 2.45) is 0 Å². The number of rotatable bonds is 6. The third-order valence-electron chi connectivity index (χ3n) is 6.32. The Morgan fingerprint density at radius 3 is 2.59 bits per heavy atom. The number of carbonyl (C=O) groups is 1. The lowest BCUT2D eigenvalue weighted by Crippen LogP contribution is -2.37. The van der Waals surface area contributed by atoms with E-state index in [1.54, 1.807) is 6.20 Å². The average Bonchev–Trinajstić information content (AvgIpc) is 3.51. The number of carbonyl (C=O) groups excluding carboxylic acids is 1. The first kappa shape index (κ1) is 20.7. The summed E-state index contributed by atoms with van der Waals surface area (Å²) in [4.78, 5) is 19.6. The van der Waals surface area contributed by atoms with E-state index in [1.165, 1.54) is 29.8 Å². The lowest BCUT2D eigenvalue weighted by Gasteiger charge is -2.27. The monoisotopic (exact) mass is 445 g/mol. The quantitative estimate of drug-likeness (QED) is 0.549. The number of aromatic nitrogens is 2. The highest BCUT2D eigenvalue weighted by Gasteiger charge is 2.42. The molecule has 2 N–H and O–H groups in total. The summed E-state index contributed by atoms with van der Waals surface area (Å²) in [6.45, 7) is 4.51. The fraction of sp³-hybridized carbons (Fsp3) is 0.320. The zero-order chi connectivity index (χ0) is 22.2. The zero-order valence-electron chi connectivity index (χ0n) is 18.3. The van der Waals surface area contributed by atoms with E-state index < -0.39 is 0 Å². The number of para-hydroxylation sites is 1. The summed E-state index contributed by atoms with van der Waals surface area (Å²) in [5.41, 5.74) is 5.40. The van der Waals surface area contributed by atoms with Crippen molar-refractivity contribution in [1.29, 1.82) is 0 Å². The summed E-state index contributed by atoms with van der Waals surface area (Å²) in [7, 11) is 0. The van der Waals surface area contributed by atoms with Gasteiger partial charge in [0.1, 0.15) is 6.54 Å². The third kappa shape index (κ3) is 3.88. The topological polar surface area (TPSA) is 62.2 Å². The lowest BCUT2D eigenvalue weighted by molar-refractivity contribution is -0.116. The molecule has 1 saturated carbocycles. The number of hydrogen-bond donors (Lipinski definition) is 2. The Hall–Kier alpha value is -3.19. The van der Waals surface area contributed by atoms with Crippen LogP contribution >= 0.6 is 12.2 Å². The van der Waals surface area contributed by atoms with E-state index in [2.05, 4.69) is 40.1 Å². The number of benzene rings is 1. The molecule has 0 unspecified atom stereocenters. The number of anilines is 1. The van der Waals surface area contributed by atoms with Gasteiger partial charge in [-0.25, -0.2) is 0 Å². The summed E-state index contributed by atoms with van der Waals surface area (Å²) in [5.74, 6) is -0.0944. The number of nitrogens with one attached hydrogen (secondary N) is 2. The SMILES string of the molecule is Cc1cc([C@@H]2[C@@H](c3ccccn3)NC(=S)N2CC(=O)Nc2ccccc2)c(C)n1C1CC1. The molecular formula is C25H27N5OS. The molecule has 2 atom stereocenters. The maximum absolute atomic E-state index is 12.9. The Labute approximate surface area is 193 Å². The summed E-state index contributed by atoms with van der Waals surface area (Å²) < 4.78 is 2.44. The molecule has 32 heavy (non-hydrogen) atoms. The molecular weight excluding hydrogens is 418 g/mol. The zero-order valence-corrected chi connectivity index (χ0v) is 19.1. The summed E-state index contributed by atoms with van der Waals surface area (Å²) in [6, 6.07) is 18.0. The predicted molar refractivity (Wildman–Crippen MR) is 129 cm³/mol. The van der Waals surface area contributed by atoms with Crippen molar-refractivity contribution >= 4 is 28.9 Å². The second-order valence-corrected chi connectivity index (χ2v) is 8.98. The molecule has 1 saturated heterocycles. The van der Waals surface area contributed by atoms with Gasteiger partial charge in [-0.05, 0) is 74.8 Å². The van der Waals surface area contributed by atoms with Crippen LogP contribution in [-0.2, 0) is 4.79 Å². The van der Waals surface area contributed by atoms with E-state index in [-0.39, 0.29) is 24.5 Å². The fourth-order valence-electron chi connectivity index (χ4n) is 4.79. The van der Waals surface area contributed by atoms with Gasteiger partial charge in [0.2, 0.25) is 5.91 Å². The first-order chi connectivity index (χ1) is 15.5. The predicted octanol–water partition coefficient (Wildman–Crippen LogP) is 4.45. The van der Waals surface area contributed by atoms with Crippen LogP contribution in [0.3, 0.4) is 0 Å². The van der Waals surface area contributed by atoms with Gasteiger partial charge in [-0.1, -0.05) is 24.3 Å². The number of nitrogens with zero attached hydrogens (tertiary/aromatic N) is 3. The smallest absolute Gasteiger partial charge is 0.244 e. The number of aryl methyl sites for hydroxylation is 1. The summed E-state index contributed by atoms with van der Waals surface area (Å²) in [6.07, 6.45) is 4.25. The Balaban J connectivity index is 1.49. The normalized spacial score (nSPS) is 20.3. The van der Waals surface area contributed by atoms with Gasteiger partial charge in [0.05, 0.1) is 17.8 Å². The van der Waals surface area contributed by atoms with Gasteiger partial charge in [0.15, 0.2) is 5.11 Å². The second-order valence-electron chi connectivity index (χ2n) is 8.60.